The summed E-state index contributed by atoms with van der Waals surface area (Å²) in [7, 11) is 3.46. The largest absolute Gasteiger partial charge is 0.494 e. The van der Waals surface area contributed by atoms with E-state index in [9.17, 15) is 24.0 Å². The van der Waals surface area contributed by atoms with Gasteiger partial charge < -0.3 is 34.9 Å². The molecular weight excluding hydrogens is 790 g/mol. The molecule has 8 rings (SSSR count). The number of para-hydroxylation sites is 1. The molecule has 0 radical (unpaired) electrons. The molecule has 2 saturated heterocycles. The van der Waals surface area contributed by atoms with Gasteiger partial charge in [0, 0.05) is 79.2 Å². The first-order valence-electron chi connectivity index (χ1n) is 19.8. The summed E-state index contributed by atoms with van der Waals surface area (Å²) in [6.45, 7) is 2.33. The van der Waals surface area contributed by atoms with E-state index in [4.69, 9.17) is 26.1 Å². The van der Waals surface area contributed by atoms with Crippen LogP contribution in [0.5, 0.6) is 5.75 Å². The Labute approximate surface area is 350 Å². The Morgan fingerprint density at radius 1 is 0.967 bits per heavy atom. The zero-order chi connectivity index (χ0) is 41.9. The van der Waals surface area contributed by atoms with Crippen LogP contribution in [-0.4, -0.2) is 113 Å². The van der Waals surface area contributed by atoms with Crippen molar-refractivity contribution in [1.82, 2.24) is 30.1 Å². The van der Waals surface area contributed by atoms with Crippen molar-refractivity contribution in [2.24, 2.45) is 0 Å². The number of carbonyl (C=O) groups excluding carboxylic acids is 5. The van der Waals surface area contributed by atoms with Crippen molar-refractivity contribution < 1.29 is 33.4 Å². The molecule has 2 fully saturated rings. The second-order valence-electron chi connectivity index (χ2n) is 14.8. The molecule has 0 spiro atoms. The first kappa shape index (κ1) is 40.3. The highest BCUT2D eigenvalue weighted by molar-refractivity contribution is 6.33. The molecule has 3 aliphatic rings. The van der Waals surface area contributed by atoms with Crippen LogP contribution in [0, 0.1) is 0 Å². The van der Waals surface area contributed by atoms with E-state index in [-0.39, 0.29) is 55.6 Å². The molecule has 60 heavy (non-hydrogen) atoms. The van der Waals surface area contributed by atoms with Gasteiger partial charge >= 0.3 is 0 Å². The minimum absolute atomic E-state index is 0.00527. The zero-order valence-corrected chi connectivity index (χ0v) is 33.9. The van der Waals surface area contributed by atoms with Gasteiger partial charge in [-0.3, -0.25) is 34.2 Å². The number of nitrogens with one attached hydrogen (secondary N) is 4. The fraction of sp³-hybridized carbons (Fsp3) is 0.326. The van der Waals surface area contributed by atoms with Crippen LogP contribution in [0.3, 0.4) is 0 Å². The fourth-order valence-electron chi connectivity index (χ4n) is 8.06. The maximum Gasteiger partial charge on any atom is 0.264 e. The molecule has 0 bridgehead atoms. The molecule has 4 N–H and O–H groups in total. The van der Waals surface area contributed by atoms with Gasteiger partial charge in [-0.25, -0.2) is 9.97 Å². The highest BCUT2D eigenvalue weighted by atomic mass is 35.5. The van der Waals surface area contributed by atoms with E-state index in [0.717, 1.165) is 53.0 Å². The molecule has 3 aliphatic heterocycles. The van der Waals surface area contributed by atoms with Crippen LogP contribution >= 0.6 is 11.6 Å². The molecule has 1 unspecified atom stereocenters. The molecule has 1 atom stereocenters. The SMILES string of the molecule is COc1cc(N2CCC(N(C)C(=O)CCOCCNc3cccc4c3C(=O)N(C3CCC(=O)NC3=O)C4=O)CC2)ccc1Nc1ncc(Cl)c(-c2c[nH]c3ccccc23)n1. The van der Waals surface area contributed by atoms with Crippen molar-refractivity contribution in [2.45, 2.75) is 44.2 Å². The summed E-state index contributed by atoms with van der Waals surface area (Å²) in [5.74, 6) is -1.22. The summed E-state index contributed by atoms with van der Waals surface area (Å²) in [5.41, 5.74) is 5.03. The minimum Gasteiger partial charge on any atom is -0.494 e. The maximum absolute atomic E-state index is 13.3. The van der Waals surface area contributed by atoms with Crippen molar-refractivity contribution in [1.29, 1.82) is 0 Å². The minimum atomic E-state index is -1.04. The molecule has 5 amide bonds. The molecule has 17 heteroatoms. The molecule has 2 aromatic heterocycles. The molecule has 3 aromatic carbocycles. The quantitative estimate of drug-likeness (QED) is 0.0827. The number of rotatable bonds is 14. The number of aromatic nitrogens is 3. The van der Waals surface area contributed by atoms with Crippen LogP contribution in [0.25, 0.3) is 22.2 Å². The number of nitrogens with zero attached hydrogens (tertiary/aromatic N) is 5. The van der Waals surface area contributed by atoms with Gasteiger partial charge in [0.25, 0.3) is 11.8 Å². The fourth-order valence-corrected chi connectivity index (χ4v) is 8.25. The lowest BCUT2D eigenvalue weighted by Crippen LogP contribution is -2.54. The van der Waals surface area contributed by atoms with Gasteiger partial charge in [0.15, 0.2) is 0 Å². The van der Waals surface area contributed by atoms with Gasteiger partial charge in [0.05, 0.1) is 60.5 Å². The molecule has 16 nitrogen and oxygen atoms in total. The Bertz CT molecular complexity index is 2480. The van der Waals surface area contributed by atoms with Crippen LogP contribution in [-0.2, 0) is 19.1 Å². The number of fused-ring (bicyclic) bond motifs is 2. The summed E-state index contributed by atoms with van der Waals surface area (Å²) in [6, 6.07) is 17.9. The average Bonchev–Trinajstić information content (AvgIpc) is 3.80. The number of hydrogen-bond donors (Lipinski definition) is 4. The lowest BCUT2D eigenvalue weighted by Gasteiger charge is -2.38. The van der Waals surface area contributed by atoms with Crippen molar-refractivity contribution in [3.8, 4) is 17.0 Å². The number of hydrogen-bond acceptors (Lipinski definition) is 12. The summed E-state index contributed by atoms with van der Waals surface area (Å²) in [5, 5.41) is 10.1. The standard InChI is InChI=1S/C43H44ClN9O7/c1-51(37(55)16-20-60-21-17-45-33-9-5-7-28-38(33)42(58)53(41(28)57)34-12-13-36(54)49-40(34)56)25-14-18-52(19-15-25)26-10-11-32(35(22-26)59-2)48-43-47-24-30(44)39(50-43)29-23-46-31-8-4-3-6-27(29)31/h3-11,22-25,34,45-46H,12-21H2,1-2H3,(H,47,48,50)(H,49,54,56). The zero-order valence-electron chi connectivity index (χ0n) is 33.1. The molecule has 5 heterocycles. The van der Waals surface area contributed by atoms with Gasteiger partial charge in [-0.05, 0) is 49.6 Å². The van der Waals surface area contributed by atoms with Crippen LogP contribution in [0.15, 0.2) is 73.1 Å². The number of H-pyrrole nitrogens is 1. The molecule has 0 saturated carbocycles. The van der Waals surface area contributed by atoms with Crippen LogP contribution in [0.2, 0.25) is 5.02 Å². The molecular formula is C43H44ClN9O7. The van der Waals surface area contributed by atoms with Gasteiger partial charge in [0.1, 0.15) is 11.8 Å². The number of anilines is 4. The molecule has 0 aliphatic carbocycles. The molecule has 310 valence electrons. The first-order valence-corrected chi connectivity index (χ1v) is 20.2. The van der Waals surface area contributed by atoms with Crippen LogP contribution in [0.1, 0.15) is 52.8 Å². The van der Waals surface area contributed by atoms with Crippen molar-refractivity contribution in [3.63, 3.8) is 0 Å². The Morgan fingerprint density at radius 3 is 2.58 bits per heavy atom. The third-order valence-corrected chi connectivity index (χ3v) is 11.6. The Morgan fingerprint density at radius 2 is 1.78 bits per heavy atom. The van der Waals surface area contributed by atoms with E-state index in [1.807, 2.05) is 60.6 Å². The summed E-state index contributed by atoms with van der Waals surface area (Å²) < 4.78 is 11.5. The summed E-state index contributed by atoms with van der Waals surface area (Å²) in [4.78, 5) is 81.0. The Balaban J connectivity index is 0.786. The lowest BCUT2D eigenvalue weighted by atomic mass is 10.0. The Hall–Kier alpha value is -6.52. The number of benzene rings is 3. The first-order chi connectivity index (χ1) is 29.1. The van der Waals surface area contributed by atoms with Gasteiger partial charge in [-0.1, -0.05) is 35.9 Å². The van der Waals surface area contributed by atoms with E-state index in [1.165, 1.54) is 0 Å². The van der Waals surface area contributed by atoms with E-state index in [1.54, 1.807) is 31.5 Å². The Kier molecular flexibility index (Phi) is 11.7. The van der Waals surface area contributed by atoms with Gasteiger partial charge in [0.2, 0.25) is 23.7 Å². The highest BCUT2D eigenvalue weighted by Crippen LogP contribution is 2.36. The lowest BCUT2D eigenvalue weighted by molar-refractivity contribution is -0.136. The van der Waals surface area contributed by atoms with Gasteiger partial charge in [-0.15, -0.1) is 0 Å². The van der Waals surface area contributed by atoms with E-state index in [0.29, 0.717) is 40.3 Å². The number of methoxy groups -OCH3 is 1. The average molecular weight is 834 g/mol. The predicted molar refractivity (Wildman–Crippen MR) is 226 cm³/mol. The van der Waals surface area contributed by atoms with E-state index in [2.05, 4.69) is 30.8 Å². The van der Waals surface area contributed by atoms with Crippen LogP contribution in [0.4, 0.5) is 23.0 Å². The monoisotopic (exact) mass is 833 g/mol. The smallest absolute Gasteiger partial charge is 0.264 e. The summed E-state index contributed by atoms with van der Waals surface area (Å²) >= 11 is 6.55. The van der Waals surface area contributed by atoms with Gasteiger partial charge in [-0.2, -0.15) is 0 Å². The van der Waals surface area contributed by atoms with E-state index < -0.39 is 29.7 Å². The number of amides is 5. The molecule has 5 aromatic rings. The normalized spacial score (nSPS) is 16.9. The third-order valence-electron chi connectivity index (χ3n) is 11.3. The second-order valence-corrected chi connectivity index (χ2v) is 15.2. The number of piperidine rings is 2. The van der Waals surface area contributed by atoms with Crippen LogP contribution < -0.4 is 25.6 Å². The highest BCUT2D eigenvalue weighted by Gasteiger charge is 2.45. The van der Waals surface area contributed by atoms with Crippen molar-refractivity contribution >= 4 is 75.1 Å². The number of ether oxygens (including phenoxy) is 2. The van der Waals surface area contributed by atoms with Crippen molar-refractivity contribution in [3.05, 3.63) is 89.2 Å². The number of halogens is 1. The number of carbonyl (C=O) groups is 5. The topological polar surface area (TPSA) is 191 Å². The number of imide groups is 2. The summed E-state index contributed by atoms with van der Waals surface area (Å²) in [6.07, 6.45) is 5.43. The second kappa shape index (κ2) is 17.4. The van der Waals surface area contributed by atoms with E-state index >= 15 is 0 Å². The van der Waals surface area contributed by atoms with Crippen molar-refractivity contribution in [2.75, 3.05) is 62.5 Å². The predicted octanol–water partition coefficient (Wildman–Crippen LogP) is 5.38. The third kappa shape index (κ3) is 8.07. The maximum atomic E-state index is 13.3. The number of aromatic amines is 1.